The number of aryl methyl sites for hydroxylation is 1. The molecule has 0 atom stereocenters. The standard InChI is InChI=1S/C22H23N3O4S2/c1-17-12-13-30-21(17)14-23-24-22(26)16-25(15-18-6-4-3-5-7-18)31(27,28)20-10-8-19(29-2)9-11-20/h3-14H,15-16H2,1-2H3,(H,24,26)/b23-14-. The predicted molar refractivity (Wildman–Crippen MR) is 122 cm³/mol. The smallest absolute Gasteiger partial charge is 0.255 e. The Kier molecular flexibility index (Phi) is 7.56. The van der Waals surface area contributed by atoms with Crippen LogP contribution < -0.4 is 10.2 Å². The summed E-state index contributed by atoms with van der Waals surface area (Å²) in [5, 5.41) is 5.89. The van der Waals surface area contributed by atoms with Gasteiger partial charge in [0.05, 0.1) is 24.8 Å². The summed E-state index contributed by atoms with van der Waals surface area (Å²) in [5.74, 6) is 0.0167. The van der Waals surface area contributed by atoms with Gasteiger partial charge in [-0.25, -0.2) is 13.8 Å². The molecule has 0 aliphatic carbocycles. The average Bonchev–Trinajstić information content (AvgIpc) is 3.18. The Morgan fingerprint density at radius 2 is 1.84 bits per heavy atom. The molecule has 0 saturated carbocycles. The fraction of sp³-hybridized carbons (Fsp3) is 0.182. The number of benzene rings is 2. The highest BCUT2D eigenvalue weighted by molar-refractivity contribution is 7.89. The van der Waals surface area contributed by atoms with Crippen molar-refractivity contribution in [2.45, 2.75) is 18.4 Å². The molecule has 0 radical (unpaired) electrons. The van der Waals surface area contributed by atoms with E-state index >= 15 is 0 Å². The van der Waals surface area contributed by atoms with Crippen LogP contribution in [0, 0.1) is 6.92 Å². The van der Waals surface area contributed by atoms with Crippen molar-refractivity contribution in [3.8, 4) is 5.75 Å². The monoisotopic (exact) mass is 457 g/mol. The first kappa shape index (κ1) is 22.7. The SMILES string of the molecule is COc1ccc(S(=O)(=O)N(CC(=O)N/N=C\c2sccc2C)Cc2ccccc2)cc1. The number of rotatable bonds is 9. The molecule has 0 aliphatic rings. The van der Waals surface area contributed by atoms with Gasteiger partial charge in [-0.15, -0.1) is 11.3 Å². The van der Waals surface area contributed by atoms with E-state index in [0.29, 0.717) is 5.75 Å². The van der Waals surface area contributed by atoms with Crippen molar-refractivity contribution in [2.75, 3.05) is 13.7 Å². The van der Waals surface area contributed by atoms with Gasteiger partial charge in [0.25, 0.3) is 5.91 Å². The van der Waals surface area contributed by atoms with Crippen molar-refractivity contribution in [2.24, 2.45) is 5.10 Å². The van der Waals surface area contributed by atoms with Crippen LogP contribution in [0.4, 0.5) is 0 Å². The lowest BCUT2D eigenvalue weighted by atomic mass is 10.2. The fourth-order valence-corrected chi connectivity index (χ4v) is 4.96. The van der Waals surface area contributed by atoms with E-state index in [2.05, 4.69) is 10.5 Å². The lowest BCUT2D eigenvalue weighted by molar-refractivity contribution is -0.121. The largest absolute Gasteiger partial charge is 0.497 e. The Labute approximate surface area is 186 Å². The lowest BCUT2D eigenvalue weighted by Gasteiger charge is -2.21. The molecule has 0 saturated heterocycles. The van der Waals surface area contributed by atoms with Crippen LogP contribution in [0.1, 0.15) is 16.0 Å². The van der Waals surface area contributed by atoms with Gasteiger partial charge in [-0.05, 0) is 53.8 Å². The van der Waals surface area contributed by atoms with Gasteiger partial charge >= 0.3 is 0 Å². The second-order valence-electron chi connectivity index (χ2n) is 6.70. The summed E-state index contributed by atoms with van der Waals surface area (Å²) >= 11 is 1.50. The predicted octanol–water partition coefficient (Wildman–Crippen LogP) is 3.41. The van der Waals surface area contributed by atoms with E-state index in [1.165, 1.54) is 30.6 Å². The molecule has 0 fully saturated rings. The molecule has 9 heteroatoms. The molecule has 3 rings (SSSR count). The zero-order chi connectivity index (χ0) is 22.3. The maximum atomic E-state index is 13.2. The molecular weight excluding hydrogens is 434 g/mol. The number of hydrogen-bond acceptors (Lipinski definition) is 6. The zero-order valence-electron chi connectivity index (χ0n) is 17.2. The number of sulfonamides is 1. The van der Waals surface area contributed by atoms with Gasteiger partial charge in [0, 0.05) is 11.4 Å². The van der Waals surface area contributed by atoms with Crippen LogP contribution in [0.2, 0.25) is 0 Å². The first-order valence-corrected chi connectivity index (χ1v) is 11.8. The Balaban J connectivity index is 1.79. The van der Waals surface area contributed by atoms with Crippen molar-refractivity contribution in [3.05, 3.63) is 82.0 Å². The van der Waals surface area contributed by atoms with Crippen molar-refractivity contribution in [1.82, 2.24) is 9.73 Å². The molecule has 0 aliphatic heterocycles. The average molecular weight is 458 g/mol. The van der Waals surface area contributed by atoms with Crippen LogP contribution in [0.25, 0.3) is 0 Å². The minimum absolute atomic E-state index is 0.0520. The third-order valence-corrected chi connectivity index (χ3v) is 7.25. The van der Waals surface area contributed by atoms with E-state index < -0.39 is 15.9 Å². The Hall–Kier alpha value is -3.01. The van der Waals surface area contributed by atoms with Gasteiger partial charge in [0.15, 0.2) is 0 Å². The summed E-state index contributed by atoms with van der Waals surface area (Å²) in [6.45, 7) is 1.63. The van der Waals surface area contributed by atoms with Crippen LogP contribution in [0.5, 0.6) is 5.75 Å². The Morgan fingerprint density at radius 3 is 2.45 bits per heavy atom. The van der Waals surface area contributed by atoms with E-state index in [4.69, 9.17) is 4.74 Å². The molecular formula is C22H23N3O4S2. The van der Waals surface area contributed by atoms with Crippen molar-refractivity contribution in [3.63, 3.8) is 0 Å². The number of thiophene rings is 1. The van der Waals surface area contributed by atoms with E-state index in [-0.39, 0.29) is 18.0 Å². The number of carbonyl (C=O) groups is 1. The Morgan fingerprint density at radius 1 is 1.13 bits per heavy atom. The fourth-order valence-electron chi connectivity index (χ4n) is 2.78. The highest BCUT2D eigenvalue weighted by Gasteiger charge is 2.27. The lowest BCUT2D eigenvalue weighted by Crippen LogP contribution is -2.39. The second-order valence-corrected chi connectivity index (χ2v) is 9.58. The van der Waals surface area contributed by atoms with Crippen LogP contribution in [0.15, 0.2) is 76.0 Å². The number of ether oxygens (including phenoxy) is 1. The number of hydrazone groups is 1. The van der Waals surface area contributed by atoms with Crippen LogP contribution in [-0.2, 0) is 21.4 Å². The number of amides is 1. The van der Waals surface area contributed by atoms with Gasteiger partial charge in [0.1, 0.15) is 5.75 Å². The summed E-state index contributed by atoms with van der Waals surface area (Å²) in [5.41, 5.74) is 4.24. The summed E-state index contributed by atoms with van der Waals surface area (Å²) in [6, 6.07) is 17.1. The minimum atomic E-state index is -3.93. The number of nitrogens with zero attached hydrogens (tertiary/aromatic N) is 2. The number of carbonyl (C=O) groups excluding carboxylic acids is 1. The molecule has 0 bridgehead atoms. The highest BCUT2D eigenvalue weighted by atomic mass is 32.2. The van der Waals surface area contributed by atoms with Crippen molar-refractivity contribution in [1.29, 1.82) is 0 Å². The number of hydrogen-bond donors (Lipinski definition) is 1. The number of methoxy groups -OCH3 is 1. The summed E-state index contributed by atoms with van der Waals surface area (Å²) in [4.78, 5) is 13.5. The van der Waals surface area contributed by atoms with Gasteiger partial charge in [-0.3, -0.25) is 4.79 Å². The van der Waals surface area contributed by atoms with E-state index in [0.717, 1.165) is 20.3 Å². The third-order valence-electron chi connectivity index (χ3n) is 4.49. The quantitative estimate of drug-likeness (QED) is 0.394. The molecule has 7 nitrogen and oxygen atoms in total. The van der Waals surface area contributed by atoms with Crippen LogP contribution >= 0.6 is 11.3 Å². The molecule has 3 aromatic rings. The molecule has 0 unspecified atom stereocenters. The topological polar surface area (TPSA) is 88.1 Å². The van der Waals surface area contributed by atoms with E-state index in [1.54, 1.807) is 18.3 Å². The molecule has 2 aromatic carbocycles. The Bertz CT molecular complexity index is 1140. The van der Waals surface area contributed by atoms with Gasteiger partial charge in [-0.1, -0.05) is 30.3 Å². The van der Waals surface area contributed by atoms with Crippen molar-refractivity contribution < 1.29 is 17.9 Å². The summed E-state index contributed by atoms with van der Waals surface area (Å²) < 4.78 is 32.7. The number of nitrogens with one attached hydrogen (secondary N) is 1. The molecule has 1 N–H and O–H groups in total. The molecule has 31 heavy (non-hydrogen) atoms. The summed E-state index contributed by atoms with van der Waals surface area (Å²) in [6.07, 6.45) is 1.55. The molecule has 1 amide bonds. The normalized spacial score (nSPS) is 11.7. The zero-order valence-corrected chi connectivity index (χ0v) is 18.8. The van der Waals surface area contributed by atoms with Crippen LogP contribution in [-0.4, -0.2) is 38.5 Å². The highest BCUT2D eigenvalue weighted by Crippen LogP contribution is 2.21. The molecule has 0 spiro atoms. The molecule has 1 heterocycles. The molecule has 1 aromatic heterocycles. The van der Waals surface area contributed by atoms with E-state index in [9.17, 15) is 13.2 Å². The summed E-state index contributed by atoms with van der Waals surface area (Å²) in [7, 11) is -2.42. The molecule has 162 valence electrons. The van der Waals surface area contributed by atoms with E-state index in [1.807, 2.05) is 48.7 Å². The minimum Gasteiger partial charge on any atom is -0.497 e. The third kappa shape index (κ3) is 6.00. The van der Waals surface area contributed by atoms with Gasteiger partial charge in [0.2, 0.25) is 10.0 Å². The van der Waals surface area contributed by atoms with Crippen molar-refractivity contribution >= 4 is 33.5 Å². The van der Waals surface area contributed by atoms with Gasteiger partial charge in [-0.2, -0.15) is 9.41 Å². The second kappa shape index (κ2) is 10.3. The first-order chi connectivity index (χ1) is 14.9. The van der Waals surface area contributed by atoms with Crippen LogP contribution in [0.3, 0.4) is 0 Å². The first-order valence-electron chi connectivity index (χ1n) is 9.44. The maximum absolute atomic E-state index is 13.2. The maximum Gasteiger partial charge on any atom is 0.255 e. The van der Waals surface area contributed by atoms with Gasteiger partial charge < -0.3 is 4.74 Å².